The van der Waals surface area contributed by atoms with E-state index in [0.717, 1.165) is 88.8 Å². The lowest BCUT2D eigenvalue weighted by Gasteiger charge is -2.59. The van der Waals surface area contributed by atoms with Crippen LogP contribution in [0, 0.1) is 94.2 Å². The average molecular weight is 781 g/mol. The Balaban J connectivity index is 0.000000749. The van der Waals surface area contributed by atoms with Crippen LogP contribution in [0.15, 0.2) is 23.8 Å². The van der Waals surface area contributed by atoms with Gasteiger partial charge in [-0.15, -0.1) is 0 Å². The molecule has 0 spiro atoms. The molecule has 0 aromatic heterocycles. The van der Waals surface area contributed by atoms with Gasteiger partial charge in [-0.1, -0.05) is 206 Å². The van der Waals surface area contributed by atoms with Gasteiger partial charge in [-0.25, -0.2) is 0 Å². The van der Waals surface area contributed by atoms with Gasteiger partial charge < -0.3 is 0 Å². The lowest BCUT2D eigenvalue weighted by atomic mass is 9.45. The van der Waals surface area contributed by atoms with Crippen molar-refractivity contribution < 1.29 is 0 Å². The highest BCUT2D eigenvalue weighted by atomic mass is 14.8. The standard InChI is InChI=1S/C38H60.C5H12.C4H10.C3H8.3C2H6/c1-23(2)26(5)22-38(37-35(28-11-7-8-12-28)36(37)29-16-17-29)19-18-32(38)33-25(4)20-31-21-30(34(31)33)13-9-6-10-27-15-14-24(27)3;1-4-5(2)3;1-3-4-2;1-3-2;3*1-2/h6,9,16,23-28,30-37H,7-8,10-15,17-22H2,1-5H3;5H,4H2,1-3H3;3-4H2,1-2H3;3H2,1-2H3;3*1-2H3/b9-6-;;;;;;. The van der Waals surface area contributed by atoms with Crippen molar-refractivity contribution in [1.29, 1.82) is 0 Å². The van der Waals surface area contributed by atoms with E-state index in [0.29, 0.717) is 5.41 Å². The van der Waals surface area contributed by atoms with Gasteiger partial charge in [0.05, 0.1) is 0 Å². The van der Waals surface area contributed by atoms with E-state index < -0.39 is 0 Å². The first-order valence-electron chi connectivity index (χ1n) is 26.3. The van der Waals surface area contributed by atoms with Crippen molar-refractivity contribution in [1.82, 2.24) is 0 Å². The van der Waals surface area contributed by atoms with Crippen LogP contribution >= 0.6 is 0 Å². The zero-order valence-electron chi connectivity index (χ0n) is 42.1. The Morgan fingerprint density at radius 3 is 1.59 bits per heavy atom. The molecule has 0 bridgehead atoms. The predicted molar refractivity (Wildman–Crippen MR) is 257 cm³/mol. The van der Waals surface area contributed by atoms with Gasteiger partial charge in [0, 0.05) is 0 Å². The maximum atomic E-state index is 2.70. The van der Waals surface area contributed by atoms with E-state index in [-0.39, 0.29) is 0 Å². The smallest absolute Gasteiger partial charge is 0.0129 e. The van der Waals surface area contributed by atoms with E-state index in [1.54, 1.807) is 44.9 Å². The average Bonchev–Trinajstić information content (AvgIpc) is 4.10. The topological polar surface area (TPSA) is 0 Å². The molecular weight excluding hydrogens is 673 g/mol. The third-order valence-corrected chi connectivity index (χ3v) is 16.1. The molecule has 7 aliphatic rings. The molecule has 332 valence electrons. The normalized spacial score (nSPS) is 36.2. The summed E-state index contributed by atoms with van der Waals surface area (Å²) in [6, 6.07) is 0. The number of hydrogen-bond acceptors (Lipinski definition) is 0. The Morgan fingerprint density at radius 1 is 0.661 bits per heavy atom. The van der Waals surface area contributed by atoms with Crippen LogP contribution in [0.5, 0.6) is 0 Å². The number of allylic oxidation sites excluding steroid dienone is 4. The van der Waals surface area contributed by atoms with E-state index in [2.05, 4.69) is 101 Å². The van der Waals surface area contributed by atoms with Gasteiger partial charge in [0.25, 0.3) is 0 Å². The summed E-state index contributed by atoms with van der Waals surface area (Å²) < 4.78 is 0. The molecule has 0 aromatic carbocycles. The summed E-state index contributed by atoms with van der Waals surface area (Å²) in [5.41, 5.74) is 2.61. The predicted octanol–water partition coefficient (Wildman–Crippen LogP) is 19.1. The molecule has 0 aliphatic heterocycles. The van der Waals surface area contributed by atoms with Crippen LogP contribution in [-0.4, -0.2) is 0 Å². The molecule has 56 heavy (non-hydrogen) atoms. The molecular formula is C56H108. The molecule has 6 saturated carbocycles. The summed E-state index contributed by atoms with van der Waals surface area (Å²) in [5, 5.41) is 0. The molecule has 0 radical (unpaired) electrons. The van der Waals surface area contributed by atoms with Crippen molar-refractivity contribution in [2.45, 2.75) is 240 Å². The lowest BCUT2D eigenvalue weighted by molar-refractivity contribution is -0.105. The second-order valence-corrected chi connectivity index (χ2v) is 20.4. The Bertz CT molecular complexity index is 1020. The molecule has 6 fully saturated rings. The molecule has 0 nitrogen and oxygen atoms in total. The van der Waals surface area contributed by atoms with Gasteiger partial charge in [-0.05, 0) is 152 Å². The van der Waals surface area contributed by atoms with Crippen molar-refractivity contribution in [3.63, 3.8) is 0 Å². The van der Waals surface area contributed by atoms with Crippen molar-refractivity contribution in [3.05, 3.63) is 23.8 Å². The van der Waals surface area contributed by atoms with E-state index in [1.807, 2.05) is 47.1 Å². The molecule has 0 heterocycles. The van der Waals surface area contributed by atoms with Gasteiger partial charge in [-0.2, -0.15) is 0 Å². The molecule has 0 heteroatoms. The van der Waals surface area contributed by atoms with Crippen LogP contribution < -0.4 is 0 Å². The van der Waals surface area contributed by atoms with Crippen LogP contribution in [0.1, 0.15) is 240 Å². The van der Waals surface area contributed by atoms with Crippen molar-refractivity contribution in [2.75, 3.05) is 0 Å². The highest BCUT2D eigenvalue weighted by Crippen LogP contribution is 2.77. The van der Waals surface area contributed by atoms with Crippen molar-refractivity contribution in [3.8, 4) is 0 Å². The van der Waals surface area contributed by atoms with Crippen LogP contribution in [0.4, 0.5) is 0 Å². The summed E-state index contributed by atoms with van der Waals surface area (Å²) in [6.07, 6.45) is 34.2. The fourth-order valence-electron chi connectivity index (χ4n) is 12.0. The summed E-state index contributed by atoms with van der Waals surface area (Å²) in [5.74, 6) is 15.1. The maximum Gasteiger partial charge on any atom is -0.0129 e. The molecule has 13 atom stereocenters. The molecule has 7 rings (SSSR count). The van der Waals surface area contributed by atoms with E-state index in [1.165, 1.54) is 70.6 Å². The van der Waals surface area contributed by atoms with Gasteiger partial charge >= 0.3 is 0 Å². The number of unbranched alkanes of at least 4 members (excludes halogenated alkanes) is 1. The number of rotatable bonds is 13. The Hall–Kier alpha value is -0.520. The summed E-state index contributed by atoms with van der Waals surface area (Å²) >= 11 is 0. The first-order chi connectivity index (χ1) is 27.0. The fourth-order valence-corrected chi connectivity index (χ4v) is 12.0. The highest BCUT2D eigenvalue weighted by Gasteiger charge is 2.71. The minimum absolute atomic E-state index is 0.690. The summed E-state index contributed by atoms with van der Waals surface area (Å²) in [4.78, 5) is 0. The van der Waals surface area contributed by atoms with Crippen LogP contribution in [0.3, 0.4) is 0 Å². The minimum Gasteiger partial charge on any atom is -0.0882 e. The molecule has 7 aliphatic carbocycles. The molecule has 0 amide bonds. The minimum atomic E-state index is 0.690. The monoisotopic (exact) mass is 781 g/mol. The molecule has 0 aromatic rings. The molecule has 13 unspecified atom stereocenters. The first-order valence-corrected chi connectivity index (χ1v) is 26.3. The Morgan fingerprint density at radius 2 is 1.20 bits per heavy atom. The number of fused-ring (bicyclic) bond motifs is 1. The van der Waals surface area contributed by atoms with Crippen molar-refractivity contribution >= 4 is 0 Å². The van der Waals surface area contributed by atoms with Gasteiger partial charge in [0.2, 0.25) is 0 Å². The largest absolute Gasteiger partial charge is 0.0882 e. The van der Waals surface area contributed by atoms with E-state index in [9.17, 15) is 0 Å². The first kappa shape index (κ1) is 53.5. The third-order valence-electron chi connectivity index (χ3n) is 16.1. The quantitative estimate of drug-likeness (QED) is 0.163. The van der Waals surface area contributed by atoms with Crippen LogP contribution in [0.2, 0.25) is 0 Å². The highest BCUT2D eigenvalue weighted by molar-refractivity contribution is 5.35. The zero-order valence-corrected chi connectivity index (χ0v) is 42.1. The summed E-state index contributed by atoms with van der Waals surface area (Å²) in [7, 11) is 0. The fraction of sp³-hybridized carbons (Fsp3) is 0.929. The third kappa shape index (κ3) is 14.3. The van der Waals surface area contributed by atoms with Crippen LogP contribution in [0.25, 0.3) is 0 Å². The lowest BCUT2D eigenvalue weighted by Crippen LogP contribution is -2.52. The van der Waals surface area contributed by atoms with Gasteiger partial charge in [-0.3, -0.25) is 0 Å². The zero-order chi connectivity index (χ0) is 42.6. The second-order valence-electron chi connectivity index (χ2n) is 20.4. The maximum absolute atomic E-state index is 2.70. The molecule has 0 N–H and O–H groups in total. The van der Waals surface area contributed by atoms with Gasteiger partial charge in [0.1, 0.15) is 0 Å². The Labute approximate surface area is 356 Å². The van der Waals surface area contributed by atoms with Crippen molar-refractivity contribution in [2.24, 2.45) is 94.2 Å². The second kappa shape index (κ2) is 28.1. The van der Waals surface area contributed by atoms with E-state index >= 15 is 0 Å². The summed E-state index contributed by atoms with van der Waals surface area (Å²) in [6.45, 7) is 40.1. The SMILES string of the molecule is CC.CC.CC.CC(C)C(C)CC1(C2C(C3=CC3)C2C2CCCC2)CCC1C1C(C)CC2CC(C/C=C\CC3CCC3C)C21.CCC.CCC(C)C.CCCC. The molecule has 0 saturated heterocycles. The van der Waals surface area contributed by atoms with Crippen LogP contribution in [-0.2, 0) is 0 Å². The van der Waals surface area contributed by atoms with Gasteiger partial charge in [0.15, 0.2) is 0 Å². The Kier molecular flexibility index (Phi) is 26.8. The van der Waals surface area contributed by atoms with E-state index in [4.69, 9.17) is 0 Å². The number of hydrogen-bond donors (Lipinski definition) is 0.